The number of halogens is 2. The molecule has 2 aromatic heterocycles. The zero-order valence-electron chi connectivity index (χ0n) is 9.55. The van der Waals surface area contributed by atoms with Gasteiger partial charge in [0.05, 0.1) is 14.5 Å². The van der Waals surface area contributed by atoms with Crippen LogP contribution in [0.4, 0.5) is 5.69 Å². The zero-order chi connectivity index (χ0) is 14.2. The van der Waals surface area contributed by atoms with E-state index < -0.39 is 10.0 Å². The average Bonchev–Trinajstić information content (AvgIpc) is 2.65. The van der Waals surface area contributed by atoms with Crippen molar-refractivity contribution in [3.8, 4) is 0 Å². The highest BCUT2D eigenvalue weighted by Gasteiger charge is 2.19. The average molecular weight is 384 g/mol. The van der Waals surface area contributed by atoms with Gasteiger partial charge < -0.3 is 4.57 Å². The minimum atomic E-state index is -3.71. The predicted molar refractivity (Wildman–Crippen MR) is 79.5 cm³/mol. The summed E-state index contributed by atoms with van der Waals surface area (Å²) in [4.78, 5) is 11.2. The maximum Gasteiger partial charge on any atom is 0.271 e. The van der Waals surface area contributed by atoms with Gasteiger partial charge in [0.25, 0.3) is 10.0 Å². The molecule has 2 aromatic rings. The third-order valence-electron chi connectivity index (χ3n) is 2.23. The first-order valence-corrected chi connectivity index (χ1v) is 8.41. The summed E-state index contributed by atoms with van der Waals surface area (Å²) in [6.45, 7) is 0. The lowest BCUT2D eigenvalue weighted by Crippen LogP contribution is -2.17. The molecule has 5 nitrogen and oxygen atoms in total. The molecule has 0 aliphatic carbocycles. The molecule has 0 unspecified atom stereocenters. The van der Waals surface area contributed by atoms with E-state index in [2.05, 4.69) is 20.7 Å². The number of nitrogens with zero attached hydrogens (tertiary/aromatic N) is 1. The molecule has 0 aliphatic heterocycles. The summed E-state index contributed by atoms with van der Waals surface area (Å²) in [6.07, 6.45) is 1.41. The van der Waals surface area contributed by atoms with Crippen LogP contribution in [0.15, 0.2) is 37.2 Å². The van der Waals surface area contributed by atoms with E-state index in [1.807, 2.05) is 0 Å². The van der Waals surface area contributed by atoms with Crippen LogP contribution in [-0.2, 0) is 17.1 Å². The fourth-order valence-electron chi connectivity index (χ4n) is 1.32. The third-order valence-corrected chi connectivity index (χ3v) is 6.56. The van der Waals surface area contributed by atoms with Crippen LogP contribution >= 0.6 is 38.9 Å². The quantitative estimate of drug-likeness (QED) is 0.886. The minimum Gasteiger partial charge on any atom is -0.316 e. The van der Waals surface area contributed by atoms with Gasteiger partial charge in [-0.1, -0.05) is 11.6 Å². The van der Waals surface area contributed by atoms with Crippen molar-refractivity contribution in [3.05, 3.63) is 43.6 Å². The molecule has 0 aromatic carbocycles. The Kier molecular flexibility index (Phi) is 4.05. The van der Waals surface area contributed by atoms with Crippen LogP contribution in [0.25, 0.3) is 0 Å². The van der Waals surface area contributed by atoms with Crippen molar-refractivity contribution < 1.29 is 8.42 Å². The molecule has 2 rings (SSSR count). The molecule has 1 N–H and O–H groups in total. The first-order valence-electron chi connectivity index (χ1n) is 4.94. The molecular formula is C10H8BrClN2O3S2. The topological polar surface area (TPSA) is 68.2 Å². The van der Waals surface area contributed by atoms with E-state index in [1.165, 1.54) is 29.0 Å². The Balaban J connectivity index is 2.36. The van der Waals surface area contributed by atoms with Crippen molar-refractivity contribution in [2.45, 2.75) is 4.21 Å². The summed E-state index contributed by atoms with van der Waals surface area (Å²) in [5.74, 6) is 0. The highest BCUT2D eigenvalue weighted by molar-refractivity contribution is 9.11. The van der Waals surface area contributed by atoms with Gasteiger partial charge in [-0.25, -0.2) is 8.42 Å². The van der Waals surface area contributed by atoms with Gasteiger partial charge in [-0.05, 0) is 28.1 Å². The zero-order valence-corrected chi connectivity index (χ0v) is 13.5. The lowest BCUT2D eigenvalue weighted by atomic mass is 10.4. The number of aryl methyl sites for hydroxylation is 1. The molecule has 0 saturated carbocycles. The molecule has 2 heterocycles. The van der Waals surface area contributed by atoms with Crippen LogP contribution in [0.2, 0.25) is 5.02 Å². The number of hydrogen-bond donors (Lipinski definition) is 1. The SMILES string of the molecule is Cn1cc(NS(=O)(=O)c2cc(Cl)c(Br)s2)ccc1=O. The second kappa shape index (κ2) is 5.28. The Morgan fingerprint density at radius 1 is 1.42 bits per heavy atom. The van der Waals surface area contributed by atoms with Crippen molar-refractivity contribution in [1.82, 2.24) is 4.57 Å². The Morgan fingerprint density at radius 2 is 2.11 bits per heavy atom. The number of aromatic nitrogens is 1. The van der Waals surface area contributed by atoms with Gasteiger partial charge in [0.15, 0.2) is 0 Å². The Morgan fingerprint density at radius 3 is 2.63 bits per heavy atom. The van der Waals surface area contributed by atoms with Gasteiger partial charge in [0.1, 0.15) is 4.21 Å². The molecular weight excluding hydrogens is 376 g/mol. The van der Waals surface area contributed by atoms with E-state index in [-0.39, 0.29) is 9.77 Å². The largest absolute Gasteiger partial charge is 0.316 e. The summed E-state index contributed by atoms with van der Waals surface area (Å²) in [5.41, 5.74) is 0.0904. The fraction of sp³-hybridized carbons (Fsp3) is 0.100. The summed E-state index contributed by atoms with van der Waals surface area (Å²) in [6, 6.07) is 4.06. The highest BCUT2D eigenvalue weighted by Crippen LogP contribution is 2.35. The smallest absolute Gasteiger partial charge is 0.271 e. The fourth-order valence-corrected chi connectivity index (χ4v) is 4.76. The molecule has 102 valence electrons. The Bertz CT molecular complexity index is 763. The molecule has 9 heteroatoms. The molecule has 19 heavy (non-hydrogen) atoms. The second-order valence-electron chi connectivity index (χ2n) is 3.66. The van der Waals surface area contributed by atoms with Crippen LogP contribution in [0.1, 0.15) is 0 Å². The summed E-state index contributed by atoms with van der Waals surface area (Å²) >= 11 is 9.99. The van der Waals surface area contributed by atoms with E-state index in [0.29, 0.717) is 14.5 Å². The van der Waals surface area contributed by atoms with Gasteiger partial charge in [-0.2, -0.15) is 0 Å². The highest BCUT2D eigenvalue weighted by atomic mass is 79.9. The Labute approximate surface area is 127 Å². The van der Waals surface area contributed by atoms with Crippen molar-refractivity contribution >= 4 is 54.6 Å². The predicted octanol–water partition coefficient (Wildman–Crippen LogP) is 2.66. The number of thiophene rings is 1. The normalized spacial score (nSPS) is 11.5. The van der Waals surface area contributed by atoms with E-state index in [0.717, 1.165) is 11.3 Å². The molecule has 0 fully saturated rings. The van der Waals surface area contributed by atoms with Gasteiger partial charge >= 0.3 is 0 Å². The molecule has 0 atom stereocenters. The lowest BCUT2D eigenvalue weighted by Gasteiger charge is -2.07. The number of nitrogens with one attached hydrogen (secondary N) is 1. The monoisotopic (exact) mass is 382 g/mol. The van der Waals surface area contributed by atoms with Crippen LogP contribution in [0, 0.1) is 0 Å². The van der Waals surface area contributed by atoms with Crippen LogP contribution in [0.5, 0.6) is 0 Å². The molecule has 0 spiro atoms. The number of anilines is 1. The molecule has 0 radical (unpaired) electrons. The summed E-state index contributed by atoms with van der Waals surface area (Å²) in [7, 11) is -2.17. The number of sulfonamides is 1. The number of rotatable bonds is 3. The standard InChI is InChI=1S/C10H8BrClN2O3S2/c1-14-5-6(2-3-8(14)15)13-19(16,17)9-4-7(12)10(11)18-9/h2-5,13H,1H3. The summed E-state index contributed by atoms with van der Waals surface area (Å²) < 4.78 is 28.5. The second-order valence-corrected chi connectivity index (χ2v) is 8.35. The van der Waals surface area contributed by atoms with Crippen LogP contribution < -0.4 is 10.3 Å². The number of hydrogen-bond acceptors (Lipinski definition) is 4. The first-order chi connectivity index (χ1) is 8.79. The van der Waals surface area contributed by atoms with Gasteiger partial charge in [0, 0.05) is 19.3 Å². The van der Waals surface area contributed by atoms with Crippen molar-refractivity contribution in [3.63, 3.8) is 0 Å². The summed E-state index contributed by atoms with van der Waals surface area (Å²) in [5, 5.41) is 0.339. The van der Waals surface area contributed by atoms with Gasteiger partial charge in [-0.15, -0.1) is 11.3 Å². The van der Waals surface area contributed by atoms with Crippen LogP contribution in [0.3, 0.4) is 0 Å². The minimum absolute atomic E-state index is 0.0956. The van der Waals surface area contributed by atoms with Crippen molar-refractivity contribution in [1.29, 1.82) is 0 Å². The lowest BCUT2D eigenvalue weighted by molar-refractivity contribution is 0.603. The van der Waals surface area contributed by atoms with E-state index >= 15 is 0 Å². The maximum absolute atomic E-state index is 12.1. The van der Waals surface area contributed by atoms with Gasteiger partial charge in [-0.3, -0.25) is 9.52 Å². The third kappa shape index (κ3) is 3.19. The van der Waals surface area contributed by atoms with Crippen molar-refractivity contribution in [2.75, 3.05) is 4.72 Å². The van der Waals surface area contributed by atoms with Crippen LogP contribution in [-0.4, -0.2) is 13.0 Å². The van der Waals surface area contributed by atoms with E-state index in [9.17, 15) is 13.2 Å². The van der Waals surface area contributed by atoms with E-state index in [1.54, 1.807) is 7.05 Å². The molecule has 0 aliphatic rings. The van der Waals surface area contributed by atoms with Gasteiger partial charge in [0.2, 0.25) is 5.56 Å². The first kappa shape index (κ1) is 14.6. The van der Waals surface area contributed by atoms with E-state index in [4.69, 9.17) is 11.6 Å². The molecule has 0 amide bonds. The molecule has 0 bridgehead atoms. The maximum atomic E-state index is 12.1. The Hall–Kier alpha value is -0.830. The molecule has 0 saturated heterocycles. The number of pyridine rings is 1. The van der Waals surface area contributed by atoms with Crippen molar-refractivity contribution in [2.24, 2.45) is 7.05 Å².